The molecular weight excluding hydrogens is 230 g/mol. The van der Waals surface area contributed by atoms with Crippen LogP contribution in [0.25, 0.3) is 0 Å². The summed E-state index contributed by atoms with van der Waals surface area (Å²) in [6, 6.07) is 1.81. The van der Waals surface area contributed by atoms with E-state index in [1.165, 1.54) is 0 Å². The lowest BCUT2D eigenvalue weighted by Crippen LogP contribution is -2.38. The number of hydrogen-bond donors (Lipinski definition) is 0. The number of hydrogen-bond acceptors (Lipinski definition) is 4. The fraction of sp³-hybridized carbons (Fsp3) is 0.333. The molecular formula is C12H13N5O. The zero-order valence-corrected chi connectivity index (χ0v) is 9.86. The zero-order valence-electron chi connectivity index (χ0n) is 9.86. The third kappa shape index (κ3) is 2.09. The van der Waals surface area contributed by atoms with Gasteiger partial charge >= 0.3 is 0 Å². The Morgan fingerprint density at radius 2 is 2.39 bits per heavy atom. The van der Waals surface area contributed by atoms with Crippen molar-refractivity contribution >= 4 is 5.91 Å². The Morgan fingerprint density at radius 3 is 3.22 bits per heavy atom. The lowest BCUT2D eigenvalue weighted by molar-refractivity contribution is -0.133. The number of carbonyl (C=O) groups is 1. The lowest BCUT2D eigenvalue weighted by atomic mass is 10.1. The Balaban J connectivity index is 1.70. The van der Waals surface area contributed by atoms with E-state index in [0.717, 1.165) is 17.7 Å². The van der Waals surface area contributed by atoms with Gasteiger partial charge < -0.3 is 4.90 Å². The van der Waals surface area contributed by atoms with Gasteiger partial charge in [-0.1, -0.05) is 0 Å². The molecule has 3 rings (SSSR count). The molecule has 0 unspecified atom stereocenters. The molecule has 6 nitrogen and oxygen atoms in total. The molecule has 2 aromatic heterocycles. The lowest BCUT2D eigenvalue weighted by Gasteiger charge is -2.27. The van der Waals surface area contributed by atoms with Gasteiger partial charge in [0.15, 0.2) is 0 Å². The van der Waals surface area contributed by atoms with Crippen LogP contribution < -0.4 is 0 Å². The minimum atomic E-state index is 0.0770. The van der Waals surface area contributed by atoms with E-state index in [9.17, 15) is 4.79 Å². The summed E-state index contributed by atoms with van der Waals surface area (Å²) < 4.78 is 1.64. The number of rotatable bonds is 2. The topological polar surface area (TPSA) is 63.9 Å². The van der Waals surface area contributed by atoms with Crippen molar-refractivity contribution in [3.8, 4) is 0 Å². The number of aromatic nitrogens is 4. The fourth-order valence-electron chi connectivity index (χ4n) is 2.11. The second-order valence-electron chi connectivity index (χ2n) is 4.26. The molecule has 0 radical (unpaired) electrons. The quantitative estimate of drug-likeness (QED) is 0.759. The van der Waals surface area contributed by atoms with Gasteiger partial charge in [-0.3, -0.25) is 9.48 Å². The highest BCUT2D eigenvalue weighted by Gasteiger charge is 2.21. The van der Waals surface area contributed by atoms with Crippen molar-refractivity contribution in [2.24, 2.45) is 0 Å². The molecule has 0 aliphatic carbocycles. The number of carbonyl (C=O) groups excluding carboxylic acids is 1. The number of fused-ring (bicyclic) bond motifs is 1. The standard InChI is InChI=1S/C12H13N5O/c18-12(8-17-4-1-3-15-17)16-5-2-11-10(7-16)6-13-9-14-11/h1,3-4,6,9H,2,5,7-8H2. The molecule has 0 aromatic carbocycles. The fourth-order valence-corrected chi connectivity index (χ4v) is 2.11. The summed E-state index contributed by atoms with van der Waals surface area (Å²) in [5, 5.41) is 4.04. The van der Waals surface area contributed by atoms with E-state index in [1.807, 2.05) is 11.0 Å². The van der Waals surface area contributed by atoms with Crippen molar-refractivity contribution in [2.45, 2.75) is 19.5 Å². The molecule has 1 aliphatic rings. The second-order valence-corrected chi connectivity index (χ2v) is 4.26. The third-order valence-electron chi connectivity index (χ3n) is 3.07. The molecule has 0 bridgehead atoms. The van der Waals surface area contributed by atoms with Gasteiger partial charge in [-0.05, 0) is 6.07 Å². The van der Waals surface area contributed by atoms with Gasteiger partial charge in [0.2, 0.25) is 5.91 Å². The van der Waals surface area contributed by atoms with Gasteiger partial charge in [-0.15, -0.1) is 0 Å². The molecule has 0 N–H and O–H groups in total. The smallest absolute Gasteiger partial charge is 0.244 e. The Bertz CT molecular complexity index is 551. The van der Waals surface area contributed by atoms with Crippen molar-refractivity contribution < 1.29 is 4.79 Å². The van der Waals surface area contributed by atoms with Crippen LogP contribution in [0.2, 0.25) is 0 Å². The van der Waals surface area contributed by atoms with Crippen molar-refractivity contribution in [3.63, 3.8) is 0 Å². The van der Waals surface area contributed by atoms with Crippen LogP contribution in [0.4, 0.5) is 0 Å². The molecule has 3 heterocycles. The van der Waals surface area contributed by atoms with Crippen molar-refractivity contribution in [3.05, 3.63) is 42.2 Å². The summed E-state index contributed by atoms with van der Waals surface area (Å²) in [5.74, 6) is 0.0770. The predicted octanol–water partition coefficient (Wildman–Crippen LogP) is 0.258. The van der Waals surface area contributed by atoms with Gasteiger partial charge in [0, 0.05) is 43.7 Å². The summed E-state index contributed by atoms with van der Waals surface area (Å²) in [5.41, 5.74) is 2.09. The minimum absolute atomic E-state index is 0.0770. The highest BCUT2D eigenvalue weighted by molar-refractivity contribution is 5.76. The van der Waals surface area contributed by atoms with Crippen LogP contribution in [0.3, 0.4) is 0 Å². The summed E-state index contributed by atoms with van der Waals surface area (Å²) in [4.78, 5) is 22.1. The first-order chi connectivity index (χ1) is 8.83. The molecule has 1 amide bonds. The molecule has 0 atom stereocenters. The number of nitrogens with zero attached hydrogens (tertiary/aromatic N) is 5. The summed E-state index contributed by atoms with van der Waals surface area (Å²) >= 11 is 0. The summed E-state index contributed by atoms with van der Waals surface area (Å²) in [7, 11) is 0. The van der Waals surface area contributed by atoms with E-state index >= 15 is 0 Å². The first-order valence-electron chi connectivity index (χ1n) is 5.86. The van der Waals surface area contributed by atoms with Crippen LogP contribution in [0.15, 0.2) is 31.0 Å². The zero-order chi connectivity index (χ0) is 12.4. The molecule has 0 saturated heterocycles. The first kappa shape index (κ1) is 10.9. The van der Waals surface area contributed by atoms with E-state index in [1.54, 1.807) is 29.6 Å². The van der Waals surface area contributed by atoms with Crippen LogP contribution in [0, 0.1) is 0 Å². The third-order valence-corrected chi connectivity index (χ3v) is 3.07. The van der Waals surface area contributed by atoms with Crippen LogP contribution >= 0.6 is 0 Å². The van der Waals surface area contributed by atoms with Gasteiger partial charge in [-0.25, -0.2) is 9.97 Å². The number of amides is 1. The van der Waals surface area contributed by atoms with Crippen LogP contribution in [0.5, 0.6) is 0 Å². The van der Waals surface area contributed by atoms with E-state index in [4.69, 9.17) is 0 Å². The largest absolute Gasteiger partial charge is 0.336 e. The van der Waals surface area contributed by atoms with Gasteiger partial charge in [0.05, 0.1) is 5.69 Å². The Labute approximate surface area is 104 Å². The SMILES string of the molecule is O=C(Cn1cccn1)N1CCc2ncncc2C1. The van der Waals surface area contributed by atoms with Gasteiger partial charge in [0.25, 0.3) is 0 Å². The molecule has 18 heavy (non-hydrogen) atoms. The molecule has 0 saturated carbocycles. The van der Waals surface area contributed by atoms with Crippen molar-refractivity contribution in [1.29, 1.82) is 0 Å². The van der Waals surface area contributed by atoms with Crippen LogP contribution in [-0.2, 0) is 24.3 Å². The molecule has 2 aromatic rings. The average Bonchev–Trinajstić information content (AvgIpc) is 2.91. The Kier molecular flexibility index (Phi) is 2.76. The molecule has 1 aliphatic heterocycles. The predicted molar refractivity (Wildman–Crippen MR) is 63.4 cm³/mol. The highest BCUT2D eigenvalue weighted by atomic mass is 16.2. The molecule has 0 fully saturated rings. The van der Waals surface area contributed by atoms with Crippen molar-refractivity contribution in [2.75, 3.05) is 6.54 Å². The van der Waals surface area contributed by atoms with Crippen LogP contribution in [-0.4, -0.2) is 37.1 Å². The Morgan fingerprint density at radius 1 is 1.44 bits per heavy atom. The van der Waals surface area contributed by atoms with E-state index in [0.29, 0.717) is 13.1 Å². The average molecular weight is 243 g/mol. The van der Waals surface area contributed by atoms with Crippen LogP contribution in [0.1, 0.15) is 11.3 Å². The summed E-state index contributed by atoms with van der Waals surface area (Å²) in [6.07, 6.45) is 7.60. The van der Waals surface area contributed by atoms with Gasteiger partial charge in [0.1, 0.15) is 12.9 Å². The molecule has 6 heteroatoms. The van der Waals surface area contributed by atoms with E-state index in [2.05, 4.69) is 15.1 Å². The minimum Gasteiger partial charge on any atom is -0.336 e. The summed E-state index contributed by atoms with van der Waals surface area (Å²) in [6.45, 7) is 1.59. The highest BCUT2D eigenvalue weighted by Crippen LogP contribution is 2.15. The monoisotopic (exact) mass is 243 g/mol. The maximum absolute atomic E-state index is 12.1. The Hall–Kier alpha value is -2.24. The molecule has 92 valence electrons. The normalized spacial score (nSPS) is 14.3. The second kappa shape index (κ2) is 4.56. The van der Waals surface area contributed by atoms with Crippen molar-refractivity contribution in [1.82, 2.24) is 24.6 Å². The maximum Gasteiger partial charge on any atom is 0.244 e. The maximum atomic E-state index is 12.1. The van der Waals surface area contributed by atoms with Gasteiger partial charge in [-0.2, -0.15) is 5.10 Å². The first-order valence-corrected chi connectivity index (χ1v) is 5.86. The van der Waals surface area contributed by atoms with E-state index in [-0.39, 0.29) is 12.5 Å². The van der Waals surface area contributed by atoms with E-state index < -0.39 is 0 Å². The molecule has 0 spiro atoms.